The molecule has 3 rings (SSSR count). The highest BCUT2D eigenvalue weighted by atomic mass is 32.2. The average Bonchev–Trinajstić information content (AvgIpc) is 2.70. The molecule has 29 heavy (non-hydrogen) atoms. The Morgan fingerprint density at radius 1 is 1.14 bits per heavy atom. The van der Waals surface area contributed by atoms with Gasteiger partial charge in [0.25, 0.3) is 5.56 Å². The number of methoxy groups -OCH3 is 1. The molecule has 1 aromatic heterocycles. The Morgan fingerprint density at radius 2 is 1.83 bits per heavy atom. The van der Waals surface area contributed by atoms with E-state index in [2.05, 4.69) is 4.98 Å². The number of nitrogens with zero attached hydrogens (tertiary/aromatic N) is 2. The third-order valence-electron chi connectivity index (χ3n) is 5.10. The van der Waals surface area contributed by atoms with Gasteiger partial charge in [0, 0.05) is 12.7 Å². The van der Waals surface area contributed by atoms with E-state index in [-0.39, 0.29) is 16.6 Å². The van der Waals surface area contributed by atoms with E-state index < -0.39 is 0 Å². The number of hydrogen-bond acceptors (Lipinski definition) is 5. The number of carbonyl (C=O) groups excluding carboxylic acids is 1. The fourth-order valence-corrected chi connectivity index (χ4v) is 4.28. The number of benzene rings is 2. The molecular weight excluding hydrogens is 384 g/mol. The fourth-order valence-electron chi connectivity index (χ4n) is 3.27. The van der Waals surface area contributed by atoms with Crippen molar-refractivity contribution < 1.29 is 9.53 Å². The van der Waals surface area contributed by atoms with Gasteiger partial charge in [0.2, 0.25) is 0 Å². The molecule has 3 aromatic rings. The fraction of sp³-hybridized carbons (Fsp3) is 0.348. The summed E-state index contributed by atoms with van der Waals surface area (Å²) in [5.41, 5.74) is 4.47. The molecule has 1 atom stereocenters. The molecule has 0 fully saturated rings. The molecule has 1 heterocycles. The third kappa shape index (κ3) is 4.43. The maximum atomic E-state index is 13.1. The molecule has 0 N–H and O–H groups in total. The summed E-state index contributed by atoms with van der Waals surface area (Å²) >= 11 is 1.32. The van der Waals surface area contributed by atoms with Crippen LogP contribution in [-0.2, 0) is 11.3 Å². The van der Waals surface area contributed by atoms with Crippen LogP contribution in [0.1, 0.15) is 34.0 Å². The van der Waals surface area contributed by atoms with Gasteiger partial charge in [-0.3, -0.25) is 14.2 Å². The van der Waals surface area contributed by atoms with Crippen molar-refractivity contribution in [2.24, 2.45) is 0 Å². The second kappa shape index (κ2) is 8.93. The maximum Gasteiger partial charge on any atom is 0.262 e. The van der Waals surface area contributed by atoms with Gasteiger partial charge in [-0.15, -0.1) is 0 Å². The van der Waals surface area contributed by atoms with Crippen LogP contribution in [0.4, 0.5) is 0 Å². The second-order valence-corrected chi connectivity index (χ2v) is 8.54. The first-order chi connectivity index (χ1) is 13.8. The van der Waals surface area contributed by atoms with Crippen molar-refractivity contribution in [1.29, 1.82) is 0 Å². The number of ether oxygens (including phenoxy) is 1. The van der Waals surface area contributed by atoms with Crippen molar-refractivity contribution in [1.82, 2.24) is 9.55 Å². The van der Waals surface area contributed by atoms with E-state index in [0.717, 1.165) is 16.7 Å². The number of thioether (sulfide) groups is 1. The highest BCUT2D eigenvalue weighted by molar-refractivity contribution is 8.00. The van der Waals surface area contributed by atoms with Crippen LogP contribution in [0.15, 0.2) is 46.3 Å². The molecule has 5 nitrogen and oxygen atoms in total. The van der Waals surface area contributed by atoms with Crippen LogP contribution in [0, 0.1) is 20.8 Å². The monoisotopic (exact) mass is 410 g/mol. The summed E-state index contributed by atoms with van der Waals surface area (Å²) in [4.78, 5) is 30.8. The van der Waals surface area contributed by atoms with Crippen LogP contribution in [0.5, 0.6) is 0 Å². The Labute approximate surface area is 175 Å². The summed E-state index contributed by atoms with van der Waals surface area (Å²) in [6.45, 7) is 8.66. The first-order valence-corrected chi connectivity index (χ1v) is 10.5. The van der Waals surface area contributed by atoms with Gasteiger partial charge in [-0.1, -0.05) is 30.0 Å². The highest BCUT2D eigenvalue weighted by Gasteiger charge is 2.22. The second-order valence-electron chi connectivity index (χ2n) is 7.24. The van der Waals surface area contributed by atoms with Crippen molar-refractivity contribution >= 4 is 28.4 Å². The quantitative estimate of drug-likeness (QED) is 0.330. The first-order valence-electron chi connectivity index (χ1n) is 9.60. The maximum absolute atomic E-state index is 13.1. The smallest absolute Gasteiger partial charge is 0.262 e. The number of hydrogen-bond donors (Lipinski definition) is 0. The van der Waals surface area contributed by atoms with Crippen molar-refractivity contribution in [2.45, 2.75) is 44.6 Å². The van der Waals surface area contributed by atoms with Crippen molar-refractivity contribution in [2.75, 3.05) is 13.7 Å². The highest BCUT2D eigenvalue weighted by Crippen LogP contribution is 2.27. The van der Waals surface area contributed by atoms with E-state index in [1.54, 1.807) is 17.7 Å². The van der Waals surface area contributed by atoms with Crippen LogP contribution < -0.4 is 5.56 Å². The van der Waals surface area contributed by atoms with E-state index in [4.69, 9.17) is 4.74 Å². The summed E-state index contributed by atoms with van der Waals surface area (Å²) in [6, 6.07) is 11.3. The zero-order chi connectivity index (χ0) is 21.1. The van der Waals surface area contributed by atoms with Gasteiger partial charge in [-0.2, -0.15) is 0 Å². The van der Waals surface area contributed by atoms with Gasteiger partial charge < -0.3 is 4.74 Å². The molecule has 0 bridgehead atoms. The lowest BCUT2D eigenvalue weighted by Gasteiger charge is -2.17. The predicted octanol–water partition coefficient (Wildman–Crippen LogP) is 4.33. The molecule has 0 radical (unpaired) electrons. The number of ketones is 1. The molecule has 0 amide bonds. The molecule has 0 aliphatic rings. The van der Waals surface area contributed by atoms with Gasteiger partial charge in [0.15, 0.2) is 10.9 Å². The summed E-state index contributed by atoms with van der Waals surface area (Å²) < 4.78 is 6.77. The van der Waals surface area contributed by atoms with Gasteiger partial charge in [0.05, 0.1) is 29.3 Å². The summed E-state index contributed by atoms with van der Waals surface area (Å²) in [6.07, 6.45) is 0. The minimum absolute atomic E-state index is 0.0382. The SMILES string of the molecule is COCCn1c(S[C@H](C)C(=O)c2cc(C)c(C)cc2C)nc2ccccc2c1=O. The Kier molecular flexibility index (Phi) is 6.55. The standard InChI is InChI=1S/C23H26N2O3S/c1-14-12-16(3)19(13-15(14)2)21(26)17(4)29-23-24-20-9-7-6-8-18(20)22(27)25(23)10-11-28-5/h6-9,12-13,17H,10-11H2,1-5H3/t17-/m1/s1. The number of aromatic nitrogens is 2. The van der Waals surface area contributed by atoms with Crippen molar-refractivity contribution in [3.05, 3.63) is 69.0 Å². The van der Waals surface area contributed by atoms with Crippen LogP contribution >= 0.6 is 11.8 Å². The topological polar surface area (TPSA) is 61.2 Å². The third-order valence-corrected chi connectivity index (χ3v) is 6.19. The number of fused-ring (bicyclic) bond motifs is 1. The zero-order valence-electron chi connectivity index (χ0n) is 17.5. The average molecular weight is 411 g/mol. The number of rotatable bonds is 7. The van der Waals surface area contributed by atoms with Gasteiger partial charge >= 0.3 is 0 Å². The predicted molar refractivity (Wildman–Crippen MR) is 118 cm³/mol. The van der Waals surface area contributed by atoms with Gasteiger partial charge in [-0.25, -0.2) is 4.98 Å². The van der Waals surface area contributed by atoms with Gasteiger partial charge in [-0.05, 0) is 62.6 Å². The number of para-hydroxylation sites is 1. The largest absolute Gasteiger partial charge is 0.383 e. The molecule has 0 spiro atoms. The summed E-state index contributed by atoms with van der Waals surface area (Å²) in [5.74, 6) is 0.0382. The molecule has 2 aromatic carbocycles. The molecule has 0 unspecified atom stereocenters. The molecule has 0 aliphatic heterocycles. The lowest BCUT2D eigenvalue weighted by molar-refractivity contribution is 0.0993. The zero-order valence-corrected chi connectivity index (χ0v) is 18.3. The molecule has 152 valence electrons. The normalized spacial score (nSPS) is 12.3. The van der Waals surface area contributed by atoms with E-state index in [1.165, 1.54) is 17.3 Å². The molecule has 0 aliphatic carbocycles. The molecule has 0 saturated heterocycles. The lowest BCUT2D eigenvalue weighted by atomic mass is 9.97. The van der Waals surface area contributed by atoms with E-state index in [0.29, 0.717) is 29.2 Å². The van der Waals surface area contributed by atoms with E-state index in [1.807, 2.05) is 58.0 Å². The van der Waals surface area contributed by atoms with Crippen LogP contribution in [0.2, 0.25) is 0 Å². The Morgan fingerprint density at radius 3 is 2.55 bits per heavy atom. The summed E-state index contributed by atoms with van der Waals surface area (Å²) in [5, 5.41) is 0.725. The minimum Gasteiger partial charge on any atom is -0.383 e. The number of aryl methyl sites for hydroxylation is 3. The lowest BCUT2D eigenvalue weighted by Crippen LogP contribution is -2.26. The Hall–Kier alpha value is -2.44. The molecule has 0 saturated carbocycles. The van der Waals surface area contributed by atoms with Crippen LogP contribution in [0.3, 0.4) is 0 Å². The first kappa shape index (κ1) is 21.3. The number of Topliss-reactive ketones (excluding diaryl/α,β-unsaturated/α-hetero) is 1. The van der Waals surface area contributed by atoms with Crippen molar-refractivity contribution in [3.63, 3.8) is 0 Å². The van der Waals surface area contributed by atoms with Gasteiger partial charge in [0.1, 0.15) is 0 Å². The van der Waals surface area contributed by atoms with E-state index in [9.17, 15) is 9.59 Å². The van der Waals surface area contributed by atoms with Crippen LogP contribution in [0.25, 0.3) is 10.9 Å². The Balaban J connectivity index is 1.99. The van der Waals surface area contributed by atoms with Crippen molar-refractivity contribution in [3.8, 4) is 0 Å². The number of carbonyl (C=O) groups is 1. The summed E-state index contributed by atoms with van der Waals surface area (Å²) in [7, 11) is 1.60. The van der Waals surface area contributed by atoms with E-state index >= 15 is 0 Å². The minimum atomic E-state index is -0.377. The molecule has 6 heteroatoms. The van der Waals surface area contributed by atoms with Crippen LogP contribution in [-0.4, -0.2) is 34.3 Å². The molecular formula is C23H26N2O3S. The Bertz CT molecular complexity index is 1120.